The summed E-state index contributed by atoms with van der Waals surface area (Å²) in [4.78, 5) is 0. The van der Waals surface area contributed by atoms with E-state index < -0.39 is 0 Å². The van der Waals surface area contributed by atoms with E-state index in [-0.39, 0.29) is 5.82 Å². The van der Waals surface area contributed by atoms with E-state index in [1.165, 1.54) is 0 Å². The van der Waals surface area contributed by atoms with Crippen LogP contribution in [-0.2, 0) is 6.61 Å². The summed E-state index contributed by atoms with van der Waals surface area (Å²) < 4.78 is 19.6. The van der Waals surface area contributed by atoms with Crippen molar-refractivity contribution in [3.63, 3.8) is 0 Å². The highest BCUT2D eigenvalue weighted by molar-refractivity contribution is 5.45. The molecule has 2 aromatic carbocycles. The van der Waals surface area contributed by atoms with Crippen LogP contribution in [0.25, 0.3) is 0 Å². The summed E-state index contributed by atoms with van der Waals surface area (Å²) in [5.74, 6) is 5.69. The van der Waals surface area contributed by atoms with Crippen molar-refractivity contribution in [3.8, 4) is 17.6 Å². The van der Waals surface area contributed by atoms with Crippen LogP contribution in [0.2, 0.25) is 0 Å². The highest BCUT2D eigenvalue weighted by atomic mass is 19.1. The molecule has 0 heterocycles. The van der Waals surface area contributed by atoms with Crippen molar-refractivity contribution < 1.29 is 9.13 Å². The normalized spacial score (nSPS) is 9.63. The molecular weight excluding hydrogens is 239 g/mol. The van der Waals surface area contributed by atoms with E-state index >= 15 is 0 Å². The van der Waals surface area contributed by atoms with Crippen molar-refractivity contribution in [2.45, 2.75) is 20.5 Å². The molecule has 0 radical (unpaired) electrons. The molecule has 1 nitrogen and oxygen atoms in total. The van der Waals surface area contributed by atoms with E-state index in [9.17, 15) is 4.39 Å². The third kappa shape index (κ3) is 3.14. The Bertz CT molecular complexity index is 621. The summed E-state index contributed by atoms with van der Waals surface area (Å²) in [6.07, 6.45) is 0. The van der Waals surface area contributed by atoms with Gasteiger partial charge < -0.3 is 4.74 Å². The first-order valence-corrected chi connectivity index (χ1v) is 6.11. The number of benzene rings is 2. The molecule has 96 valence electrons. The third-order valence-corrected chi connectivity index (χ3v) is 2.83. The molecule has 0 aromatic heterocycles. The van der Waals surface area contributed by atoms with E-state index in [2.05, 4.69) is 11.8 Å². The second-order valence-corrected chi connectivity index (χ2v) is 4.20. The van der Waals surface area contributed by atoms with Crippen LogP contribution in [-0.4, -0.2) is 0 Å². The summed E-state index contributed by atoms with van der Waals surface area (Å²) in [5.41, 5.74) is 1.96. The zero-order valence-corrected chi connectivity index (χ0v) is 11.0. The maximum atomic E-state index is 14.0. The van der Waals surface area contributed by atoms with Crippen LogP contribution >= 0.6 is 0 Å². The molecule has 0 fully saturated rings. The Kier molecular flexibility index (Phi) is 4.20. The molecule has 0 aliphatic carbocycles. The Labute approximate surface area is 113 Å². The Morgan fingerprint density at radius 1 is 1.11 bits per heavy atom. The van der Waals surface area contributed by atoms with Gasteiger partial charge in [-0.1, -0.05) is 36.3 Å². The molecule has 2 aromatic rings. The lowest BCUT2D eigenvalue weighted by Crippen LogP contribution is -1.99. The lowest BCUT2D eigenvalue weighted by molar-refractivity contribution is 0.302. The van der Waals surface area contributed by atoms with Gasteiger partial charge in [-0.3, -0.25) is 0 Å². The topological polar surface area (TPSA) is 9.23 Å². The standard InChI is InChI=1S/C17H15FO/c1-3-7-15-10-11-16(13(2)17(15)18)19-12-14-8-5-4-6-9-14/h4-6,8-11H,12H2,1-2H3. The van der Waals surface area contributed by atoms with Gasteiger partial charge in [0.25, 0.3) is 0 Å². The molecular formula is C17H15FO. The monoisotopic (exact) mass is 254 g/mol. The minimum Gasteiger partial charge on any atom is -0.489 e. The predicted octanol–water partition coefficient (Wildman–Crippen LogP) is 4.08. The second-order valence-electron chi connectivity index (χ2n) is 4.20. The largest absolute Gasteiger partial charge is 0.489 e. The van der Waals surface area contributed by atoms with Crippen LogP contribution in [0, 0.1) is 24.6 Å². The molecule has 0 aliphatic heterocycles. The maximum absolute atomic E-state index is 14.0. The minimum absolute atomic E-state index is 0.306. The number of hydrogen-bond donors (Lipinski definition) is 0. The molecule has 0 saturated heterocycles. The first-order valence-electron chi connectivity index (χ1n) is 6.11. The highest BCUT2D eigenvalue weighted by Gasteiger charge is 2.09. The molecule has 0 amide bonds. The zero-order valence-electron chi connectivity index (χ0n) is 11.0. The van der Waals surface area contributed by atoms with Crippen molar-refractivity contribution in [3.05, 3.63) is 65.0 Å². The van der Waals surface area contributed by atoms with Gasteiger partial charge >= 0.3 is 0 Å². The molecule has 0 saturated carbocycles. The van der Waals surface area contributed by atoms with Gasteiger partial charge in [0.2, 0.25) is 0 Å². The van der Waals surface area contributed by atoms with Gasteiger partial charge in [-0.05, 0) is 31.5 Å². The van der Waals surface area contributed by atoms with E-state index in [4.69, 9.17) is 4.74 Å². The van der Waals surface area contributed by atoms with Crippen LogP contribution < -0.4 is 4.74 Å². The molecule has 19 heavy (non-hydrogen) atoms. The Morgan fingerprint density at radius 2 is 1.84 bits per heavy atom. The van der Waals surface area contributed by atoms with Crippen LogP contribution in [0.15, 0.2) is 42.5 Å². The van der Waals surface area contributed by atoms with E-state index in [0.717, 1.165) is 5.56 Å². The fraction of sp³-hybridized carbons (Fsp3) is 0.176. The lowest BCUT2D eigenvalue weighted by Gasteiger charge is -2.10. The molecule has 2 rings (SSSR count). The number of rotatable bonds is 3. The van der Waals surface area contributed by atoms with E-state index in [0.29, 0.717) is 23.5 Å². The number of halogens is 1. The third-order valence-electron chi connectivity index (χ3n) is 2.83. The summed E-state index contributed by atoms with van der Waals surface area (Å²) in [5, 5.41) is 0. The van der Waals surface area contributed by atoms with Gasteiger partial charge in [0.1, 0.15) is 18.2 Å². The number of hydrogen-bond acceptors (Lipinski definition) is 1. The quantitative estimate of drug-likeness (QED) is 0.750. The SMILES string of the molecule is CC#Cc1ccc(OCc2ccccc2)c(C)c1F. The van der Waals surface area contributed by atoms with Crippen molar-refractivity contribution in [1.82, 2.24) is 0 Å². The Hall–Kier alpha value is -2.27. The molecule has 2 heteroatoms. The van der Waals surface area contributed by atoms with Crippen LogP contribution in [0.3, 0.4) is 0 Å². The fourth-order valence-electron chi connectivity index (χ4n) is 1.79. The average molecular weight is 254 g/mol. The maximum Gasteiger partial charge on any atom is 0.145 e. The zero-order chi connectivity index (χ0) is 13.7. The minimum atomic E-state index is -0.306. The summed E-state index contributed by atoms with van der Waals surface area (Å²) >= 11 is 0. The average Bonchev–Trinajstić information content (AvgIpc) is 2.44. The smallest absolute Gasteiger partial charge is 0.145 e. The first-order chi connectivity index (χ1) is 9.22. The van der Waals surface area contributed by atoms with Crippen molar-refractivity contribution >= 4 is 0 Å². The molecule has 0 spiro atoms. The highest BCUT2D eigenvalue weighted by Crippen LogP contribution is 2.24. The number of ether oxygens (including phenoxy) is 1. The van der Waals surface area contributed by atoms with Crippen molar-refractivity contribution in [2.75, 3.05) is 0 Å². The van der Waals surface area contributed by atoms with Gasteiger partial charge in [0.05, 0.1) is 5.56 Å². The lowest BCUT2D eigenvalue weighted by atomic mass is 10.1. The molecule has 0 unspecified atom stereocenters. The van der Waals surface area contributed by atoms with Gasteiger partial charge in [-0.25, -0.2) is 4.39 Å². The molecule has 0 aliphatic rings. The second kappa shape index (κ2) is 6.06. The van der Waals surface area contributed by atoms with Crippen LogP contribution in [0.4, 0.5) is 4.39 Å². The van der Waals surface area contributed by atoms with E-state index in [1.54, 1.807) is 26.0 Å². The first kappa shape index (κ1) is 13.2. The molecule has 0 N–H and O–H groups in total. The van der Waals surface area contributed by atoms with Gasteiger partial charge in [0.15, 0.2) is 0 Å². The van der Waals surface area contributed by atoms with Crippen LogP contribution in [0.5, 0.6) is 5.75 Å². The summed E-state index contributed by atoms with van der Waals surface area (Å²) in [6, 6.07) is 13.2. The summed E-state index contributed by atoms with van der Waals surface area (Å²) in [6.45, 7) is 3.82. The van der Waals surface area contributed by atoms with Crippen molar-refractivity contribution in [1.29, 1.82) is 0 Å². The van der Waals surface area contributed by atoms with Gasteiger partial charge in [0, 0.05) is 5.56 Å². The van der Waals surface area contributed by atoms with Gasteiger partial charge in [-0.2, -0.15) is 0 Å². The summed E-state index contributed by atoms with van der Waals surface area (Å²) in [7, 11) is 0. The van der Waals surface area contributed by atoms with Crippen LogP contribution in [0.1, 0.15) is 23.6 Å². The Morgan fingerprint density at radius 3 is 2.53 bits per heavy atom. The fourth-order valence-corrected chi connectivity index (χ4v) is 1.79. The molecule has 0 bridgehead atoms. The van der Waals surface area contributed by atoms with Crippen molar-refractivity contribution in [2.24, 2.45) is 0 Å². The van der Waals surface area contributed by atoms with E-state index in [1.807, 2.05) is 30.3 Å². The predicted molar refractivity (Wildman–Crippen MR) is 74.5 cm³/mol. The Balaban J connectivity index is 2.17. The van der Waals surface area contributed by atoms with Gasteiger partial charge in [-0.15, -0.1) is 5.92 Å². The molecule has 0 atom stereocenters.